The second kappa shape index (κ2) is 4.81. The summed E-state index contributed by atoms with van der Waals surface area (Å²) >= 11 is 11.6. The lowest BCUT2D eigenvalue weighted by atomic mass is 10.1. The highest BCUT2D eigenvalue weighted by Crippen LogP contribution is 2.36. The highest BCUT2D eigenvalue weighted by Gasteiger charge is 2.13. The van der Waals surface area contributed by atoms with Gasteiger partial charge in [-0.15, -0.1) is 22.9 Å². The molecule has 0 radical (unpaired) electrons. The Morgan fingerprint density at radius 1 is 1.54 bits per heavy atom. The molecule has 74 valence electrons. The Hall–Kier alpha value is 0.470. The van der Waals surface area contributed by atoms with Gasteiger partial charge in [0.2, 0.25) is 0 Å². The Kier molecular flexibility index (Phi) is 4.27. The van der Waals surface area contributed by atoms with Gasteiger partial charge in [-0.2, -0.15) is 0 Å². The molecule has 0 fully saturated rings. The molecule has 1 unspecified atom stereocenters. The third-order valence-corrected chi connectivity index (χ3v) is 4.66. The lowest BCUT2D eigenvalue weighted by Crippen LogP contribution is -1.93. The molecular weight excluding hydrogens is 268 g/mol. The third kappa shape index (κ3) is 3.26. The van der Waals surface area contributed by atoms with E-state index in [0.717, 1.165) is 6.42 Å². The van der Waals surface area contributed by atoms with Gasteiger partial charge < -0.3 is 0 Å². The molecule has 0 saturated heterocycles. The fourth-order valence-electron chi connectivity index (χ4n) is 1.17. The summed E-state index contributed by atoms with van der Waals surface area (Å²) in [6.07, 6.45) is 1.05. The topological polar surface area (TPSA) is 0 Å². The van der Waals surface area contributed by atoms with E-state index in [1.165, 1.54) is 14.2 Å². The average Bonchev–Trinajstić information content (AvgIpc) is 2.31. The SMILES string of the molecule is Cc1sc(C(Cl)CC(C)C)cc1Br. The Labute approximate surface area is 97.4 Å². The Balaban J connectivity index is 2.71. The number of hydrogen-bond donors (Lipinski definition) is 0. The van der Waals surface area contributed by atoms with Crippen molar-refractivity contribution in [1.82, 2.24) is 0 Å². The Morgan fingerprint density at radius 3 is 2.54 bits per heavy atom. The van der Waals surface area contributed by atoms with E-state index >= 15 is 0 Å². The van der Waals surface area contributed by atoms with Crippen LogP contribution in [0.25, 0.3) is 0 Å². The second-order valence-electron chi connectivity index (χ2n) is 3.65. The molecular formula is C10H14BrClS. The Bertz CT molecular complexity index is 261. The van der Waals surface area contributed by atoms with Crippen molar-refractivity contribution in [3.05, 3.63) is 20.3 Å². The summed E-state index contributed by atoms with van der Waals surface area (Å²) in [5.41, 5.74) is 0. The minimum Gasteiger partial charge on any atom is -0.143 e. The highest BCUT2D eigenvalue weighted by molar-refractivity contribution is 9.10. The third-order valence-electron chi connectivity index (χ3n) is 1.86. The normalized spacial score (nSPS) is 13.7. The van der Waals surface area contributed by atoms with Crippen LogP contribution in [0.5, 0.6) is 0 Å². The van der Waals surface area contributed by atoms with Crippen LogP contribution in [-0.2, 0) is 0 Å². The van der Waals surface area contributed by atoms with E-state index in [1.54, 1.807) is 11.3 Å². The fraction of sp³-hybridized carbons (Fsp3) is 0.600. The molecule has 0 aliphatic carbocycles. The van der Waals surface area contributed by atoms with Crippen molar-refractivity contribution in [2.24, 2.45) is 5.92 Å². The molecule has 0 spiro atoms. The molecule has 0 N–H and O–H groups in total. The molecule has 1 rings (SSSR count). The largest absolute Gasteiger partial charge is 0.143 e. The predicted molar refractivity (Wildman–Crippen MR) is 64.8 cm³/mol. The lowest BCUT2D eigenvalue weighted by molar-refractivity contribution is 0.578. The van der Waals surface area contributed by atoms with Crippen molar-refractivity contribution in [3.8, 4) is 0 Å². The van der Waals surface area contributed by atoms with Crippen LogP contribution in [0.1, 0.15) is 35.4 Å². The molecule has 0 saturated carbocycles. The van der Waals surface area contributed by atoms with Crippen LogP contribution in [0, 0.1) is 12.8 Å². The van der Waals surface area contributed by atoms with Crippen LogP contribution in [0.2, 0.25) is 0 Å². The van der Waals surface area contributed by atoms with Gasteiger partial charge >= 0.3 is 0 Å². The number of thiophene rings is 1. The first kappa shape index (κ1) is 11.5. The summed E-state index contributed by atoms with van der Waals surface area (Å²) in [6, 6.07) is 2.14. The highest BCUT2D eigenvalue weighted by atomic mass is 79.9. The quantitative estimate of drug-likeness (QED) is 0.673. The molecule has 0 amide bonds. The molecule has 0 aliphatic heterocycles. The smallest absolute Gasteiger partial charge is 0.0681 e. The van der Waals surface area contributed by atoms with E-state index in [-0.39, 0.29) is 5.38 Å². The summed E-state index contributed by atoms with van der Waals surface area (Å²) in [4.78, 5) is 2.59. The molecule has 0 nitrogen and oxygen atoms in total. The van der Waals surface area contributed by atoms with Crippen molar-refractivity contribution in [3.63, 3.8) is 0 Å². The zero-order valence-electron chi connectivity index (χ0n) is 8.10. The van der Waals surface area contributed by atoms with Crippen molar-refractivity contribution in [1.29, 1.82) is 0 Å². The standard InChI is InChI=1S/C10H14BrClS/c1-6(2)4-9(12)10-5-8(11)7(3)13-10/h5-6,9H,4H2,1-3H3. The van der Waals surface area contributed by atoms with Crippen molar-refractivity contribution in [2.45, 2.75) is 32.6 Å². The average molecular weight is 282 g/mol. The van der Waals surface area contributed by atoms with Crippen LogP contribution in [0.3, 0.4) is 0 Å². The first-order valence-electron chi connectivity index (χ1n) is 4.40. The van der Waals surface area contributed by atoms with Gasteiger partial charge in [-0.25, -0.2) is 0 Å². The van der Waals surface area contributed by atoms with Crippen molar-refractivity contribution < 1.29 is 0 Å². The van der Waals surface area contributed by atoms with Crippen LogP contribution in [-0.4, -0.2) is 0 Å². The maximum absolute atomic E-state index is 6.28. The molecule has 3 heteroatoms. The number of aryl methyl sites for hydroxylation is 1. The maximum Gasteiger partial charge on any atom is 0.0681 e. The summed E-state index contributed by atoms with van der Waals surface area (Å²) < 4.78 is 1.18. The van der Waals surface area contributed by atoms with Crippen LogP contribution in [0.4, 0.5) is 0 Å². The van der Waals surface area contributed by atoms with E-state index in [9.17, 15) is 0 Å². The van der Waals surface area contributed by atoms with Gasteiger partial charge in [0.1, 0.15) is 0 Å². The van der Waals surface area contributed by atoms with Crippen molar-refractivity contribution >= 4 is 38.9 Å². The molecule has 0 aromatic carbocycles. The molecule has 1 aromatic rings. The van der Waals surface area contributed by atoms with Gasteiger partial charge in [0.05, 0.1) is 5.38 Å². The number of halogens is 2. The van der Waals surface area contributed by atoms with Crippen LogP contribution < -0.4 is 0 Å². The molecule has 1 heterocycles. The van der Waals surface area contributed by atoms with Crippen molar-refractivity contribution in [2.75, 3.05) is 0 Å². The minimum atomic E-state index is 0.176. The zero-order chi connectivity index (χ0) is 10.0. The first-order valence-corrected chi connectivity index (χ1v) is 6.45. The van der Waals surface area contributed by atoms with E-state index < -0.39 is 0 Å². The van der Waals surface area contributed by atoms with Crippen LogP contribution in [0.15, 0.2) is 10.5 Å². The van der Waals surface area contributed by atoms with E-state index in [1.807, 2.05) is 0 Å². The van der Waals surface area contributed by atoms with E-state index in [0.29, 0.717) is 5.92 Å². The van der Waals surface area contributed by atoms with E-state index in [2.05, 4.69) is 42.8 Å². The van der Waals surface area contributed by atoms with E-state index in [4.69, 9.17) is 11.6 Å². The second-order valence-corrected chi connectivity index (χ2v) is 6.32. The van der Waals surface area contributed by atoms with Gasteiger partial charge in [0.25, 0.3) is 0 Å². The zero-order valence-corrected chi connectivity index (χ0v) is 11.3. The van der Waals surface area contributed by atoms with Gasteiger partial charge in [-0.1, -0.05) is 13.8 Å². The van der Waals surface area contributed by atoms with Gasteiger partial charge in [0, 0.05) is 14.2 Å². The summed E-state index contributed by atoms with van der Waals surface area (Å²) in [6.45, 7) is 6.51. The molecule has 0 aliphatic rings. The number of rotatable bonds is 3. The minimum absolute atomic E-state index is 0.176. The molecule has 0 bridgehead atoms. The monoisotopic (exact) mass is 280 g/mol. The van der Waals surface area contributed by atoms with Crippen LogP contribution >= 0.6 is 38.9 Å². The molecule has 1 aromatic heterocycles. The predicted octanol–water partition coefficient (Wildman–Crippen LogP) is 5.15. The lowest BCUT2D eigenvalue weighted by Gasteiger charge is -2.09. The summed E-state index contributed by atoms with van der Waals surface area (Å²) in [5, 5.41) is 0.176. The van der Waals surface area contributed by atoms with Gasteiger partial charge in [-0.05, 0) is 41.3 Å². The summed E-state index contributed by atoms with van der Waals surface area (Å²) in [5.74, 6) is 0.656. The van der Waals surface area contributed by atoms with Gasteiger partial charge in [0.15, 0.2) is 0 Å². The summed E-state index contributed by atoms with van der Waals surface area (Å²) in [7, 11) is 0. The Morgan fingerprint density at radius 2 is 2.15 bits per heavy atom. The maximum atomic E-state index is 6.28. The number of alkyl halides is 1. The molecule has 1 atom stereocenters. The fourth-order valence-corrected chi connectivity index (χ4v) is 3.27. The molecule has 13 heavy (non-hydrogen) atoms. The van der Waals surface area contributed by atoms with Gasteiger partial charge in [-0.3, -0.25) is 0 Å². The first-order chi connectivity index (χ1) is 6.00. The number of hydrogen-bond acceptors (Lipinski definition) is 1.